The van der Waals surface area contributed by atoms with Crippen molar-refractivity contribution in [2.75, 3.05) is 11.6 Å². The van der Waals surface area contributed by atoms with Crippen molar-refractivity contribution in [3.05, 3.63) is 0 Å². The topological polar surface area (TPSA) is 0 Å². The van der Waals surface area contributed by atoms with E-state index in [0.29, 0.717) is 5.25 Å². The molecule has 0 aliphatic carbocycles. The van der Waals surface area contributed by atoms with E-state index in [-0.39, 0.29) is 0 Å². The molecule has 2 atom stereocenters. The van der Waals surface area contributed by atoms with Crippen LogP contribution in [0.2, 0.25) is 0 Å². The summed E-state index contributed by atoms with van der Waals surface area (Å²) in [4.78, 5) is 0. The molecule has 116 valence electrons. The molecule has 0 amide bonds. The molecule has 0 aromatic rings. The first-order valence-electron chi connectivity index (χ1n) is 8.14. The standard InChI is InChI=1S/C16H33ClS2/c1-4-7-9-11-13-15(12-10-8-5-2)16(14-17)19-18-6-3/h15-16H,4-14H2,1-3H3/t15?,16-/m1/s1. The second-order valence-electron chi connectivity index (χ2n) is 5.30. The number of unbranched alkanes of at least 4 members (excludes halogenated alkanes) is 5. The molecular formula is C16H33ClS2. The highest BCUT2D eigenvalue weighted by atomic mass is 35.5. The molecule has 3 heteroatoms. The van der Waals surface area contributed by atoms with Gasteiger partial charge < -0.3 is 0 Å². The summed E-state index contributed by atoms with van der Waals surface area (Å²) in [5.74, 6) is 2.85. The summed E-state index contributed by atoms with van der Waals surface area (Å²) in [6, 6.07) is 0. The normalized spacial score (nSPS) is 14.5. The van der Waals surface area contributed by atoms with Gasteiger partial charge in [0.15, 0.2) is 0 Å². The van der Waals surface area contributed by atoms with E-state index in [1.54, 1.807) is 0 Å². The van der Waals surface area contributed by atoms with E-state index in [2.05, 4.69) is 20.8 Å². The Morgan fingerprint density at radius 2 is 1.42 bits per heavy atom. The van der Waals surface area contributed by atoms with Crippen LogP contribution in [0.3, 0.4) is 0 Å². The summed E-state index contributed by atoms with van der Waals surface area (Å²) < 4.78 is 0. The summed E-state index contributed by atoms with van der Waals surface area (Å²) in [5, 5.41) is 0.657. The fourth-order valence-corrected chi connectivity index (χ4v) is 5.46. The van der Waals surface area contributed by atoms with Crippen LogP contribution in [-0.2, 0) is 0 Å². The third kappa shape index (κ3) is 11.3. The van der Waals surface area contributed by atoms with Gasteiger partial charge in [-0.25, -0.2) is 0 Å². The van der Waals surface area contributed by atoms with E-state index in [4.69, 9.17) is 11.6 Å². The minimum absolute atomic E-state index is 0.657. The lowest BCUT2D eigenvalue weighted by Gasteiger charge is -2.24. The van der Waals surface area contributed by atoms with E-state index in [1.807, 2.05) is 21.6 Å². The van der Waals surface area contributed by atoms with E-state index < -0.39 is 0 Å². The van der Waals surface area contributed by atoms with Gasteiger partial charge in [-0.3, -0.25) is 0 Å². The van der Waals surface area contributed by atoms with Crippen molar-refractivity contribution in [2.24, 2.45) is 5.92 Å². The molecule has 0 bridgehead atoms. The maximum atomic E-state index is 6.22. The predicted octanol–water partition coefficient (Wildman–Crippen LogP) is 7.16. The molecule has 1 unspecified atom stereocenters. The van der Waals surface area contributed by atoms with Crippen molar-refractivity contribution < 1.29 is 0 Å². The fraction of sp³-hybridized carbons (Fsp3) is 1.00. The van der Waals surface area contributed by atoms with Gasteiger partial charge in [-0.2, -0.15) is 0 Å². The Kier molecular flexibility index (Phi) is 16.2. The first-order chi connectivity index (χ1) is 9.29. The largest absolute Gasteiger partial charge is 0.125 e. The third-order valence-electron chi connectivity index (χ3n) is 3.59. The lowest BCUT2D eigenvalue weighted by atomic mass is 9.92. The molecule has 0 saturated carbocycles. The fourth-order valence-electron chi connectivity index (χ4n) is 2.39. The van der Waals surface area contributed by atoms with Crippen molar-refractivity contribution in [3.8, 4) is 0 Å². The molecule has 0 aliphatic rings. The minimum Gasteiger partial charge on any atom is -0.125 e. The molecule has 0 rings (SSSR count). The summed E-state index contributed by atoms with van der Waals surface area (Å²) in [6.07, 6.45) is 12.4. The Morgan fingerprint density at radius 1 is 0.842 bits per heavy atom. The van der Waals surface area contributed by atoms with Gasteiger partial charge in [0, 0.05) is 16.9 Å². The number of rotatable bonds is 14. The van der Waals surface area contributed by atoms with Crippen LogP contribution >= 0.6 is 33.2 Å². The Labute approximate surface area is 134 Å². The van der Waals surface area contributed by atoms with Gasteiger partial charge in [-0.1, -0.05) is 87.3 Å². The Hall–Kier alpha value is 0.990. The van der Waals surface area contributed by atoms with Gasteiger partial charge in [0.05, 0.1) is 0 Å². The maximum absolute atomic E-state index is 6.22. The summed E-state index contributed by atoms with van der Waals surface area (Å²) in [6.45, 7) is 6.81. The molecule has 19 heavy (non-hydrogen) atoms. The van der Waals surface area contributed by atoms with Crippen LogP contribution in [0.4, 0.5) is 0 Å². The lowest BCUT2D eigenvalue weighted by molar-refractivity contribution is 0.408. The first kappa shape index (κ1) is 20.0. The van der Waals surface area contributed by atoms with Crippen molar-refractivity contribution in [2.45, 2.75) is 83.8 Å². The average molecular weight is 325 g/mol. The van der Waals surface area contributed by atoms with Crippen LogP contribution in [0.5, 0.6) is 0 Å². The number of hydrogen-bond donors (Lipinski definition) is 0. The highest BCUT2D eigenvalue weighted by Gasteiger charge is 2.20. The van der Waals surface area contributed by atoms with Gasteiger partial charge in [0.1, 0.15) is 0 Å². The number of hydrogen-bond acceptors (Lipinski definition) is 2. The molecule has 0 aromatic heterocycles. The molecule has 0 N–H and O–H groups in total. The van der Waals surface area contributed by atoms with Crippen molar-refractivity contribution in [3.63, 3.8) is 0 Å². The molecule has 0 aliphatic heterocycles. The van der Waals surface area contributed by atoms with E-state index in [1.165, 1.54) is 63.5 Å². The second-order valence-corrected chi connectivity index (χ2v) is 8.50. The minimum atomic E-state index is 0.657. The Balaban J connectivity index is 4.10. The van der Waals surface area contributed by atoms with Crippen LogP contribution < -0.4 is 0 Å². The zero-order valence-electron chi connectivity index (χ0n) is 13.1. The van der Waals surface area contributed by atoms with Crippen LogP contribution in [-0.4, -0.2) is 16.9 Å². The molecule has 0 heterocycles. The van der Waals surface area contributed by atoms with Crippen molar-refractivity contribution in [1.29, 1.82) is 0 Å². The molecule has 0 aromatic carbocycles. The van der Waals surface area contributed by atoms with Crippen LogP contribution in [0.25, 0.3) is 0 Å². The maximum Gasteiger partial charge on any atom is 0.0353 e. The highest BCUT2D eigenvalue weighted by Crippen LogP contribution is 2.36. The lowest BCUT2D eigenvalue weighted by Crippen LogP contribution is -2.19. The summed E-state index contributed by atoms with van der Waals surface area (Å²) >= 11 is 6.22. The van der Waals surface area contributed by atoms with Gasteiger partial charge >= 0.3 is 0 Å². The zero-order valence-corrected chi connectivity index (χ0v) is 15.5. The van der Waals surface area contributed by atoms with Gasteiger partial charge in [-0.15, -0.1) is 11.6 Å². The Morgan fingerprint density at radius 3 is 1.95 bits per heavy atom. The molecule has 0 spiro atoms. The third-order valence-corrected chi connectivity index (χ3v) is 7.14. The zero-order chi connectivity index (χ0) is 14.3. The van der Waals surface area contributed by atoms with Crippen LogP contribution in [0.15, 0.2) is 0 Å². The monoisotopic (exact) mass is 324 g/mol. The first-order valence-corrected chi connectivity index (χ1v) is 11.1. The molecule has 0 radical (unpaired) electrons. The molecule has 0 saturated heterocycles. The second kappa shape index (κ2) is 15.4. The smallest absolute Gasteiger partial charge is 0.0353 e. The van der Waals surface area contributed by atoms with Crippen molar-refractivity contribution in [1.82, 2.24) is 0 Å². The molecule has 0 nitrogen and oxygen atoms in total. The van der Waals surface area contributed by atoms with E-state index >= 15 is 0 Å². The quantitative estimate of drug-likeness (QED) is 0.189. The SMILES string of the molecule is CCCCCCC(CCCCC)[C@@H](CCl)SSCC. The summed E-state index contributed by atoms with van der Waals surface area (Å²) in [5.41, 5.74) is 0. The molecular weight excluding hydrogens is 292 g/mol. The van der Waals surface area contributed by atoms with Crippen LogP contribution in [0, 0.1) is 5.92 Å². The number of halogens is 1. The van der Waals surface area contributed by atoms with Crippen LogP contribution in [0.1, 0.15) is 78.6 Å². The van der Waals surface area contributed by atoms with E-state index in [9.17, 15) is 0 Å². The van der Waals surface area contributed by atoms with E-state index in [0.717, 1.165) is 11.8 Å². The van der Waals surface area contributed by atoms with Crippen molar-refractivity contribution >= 4 is 33.2 Å². The Bertz CT molecular complexity index is 176. The van der Waals surface area contributed by atoms with Gasteiger partial charge in [-0.05, 0) is 18.8 Å². The predicted molar refractivity (Wildman–Crippen MR) is 96.6 cm³/mol. The molecule has 0 fully saturated rings. The highest BCUT2D eigenvalue weighted by molar-refractivity contribution is 8.76. The summed E-state index contributed by atoms with van der Waals surface area (Å²) in [7, 11) is 4.02. The van der Waals surface area contributed by atoms with Gasteiger partial charge in [0.2, 0.25) is 0 Å². The average Bonchev–Trinajstić information content (AvgIpc) is 2.43. The number of alkyl halides is 1. The van der Waals surface area contributed by atoms with Gasteiger partial charge in [0.25, 0.3) is 0 Å².